The molecule has 3 aromatic rings. The molecule has 2 heterocycles. The summed E-state index contributed by atoms with van der Waals surface area (Å²) >= 11 is 0. The first-order valence-corrected chi connectivity index (χ1v) is 10.0. The number of rotatable bonds is 6. The molecule has 1 saturated heterocycles. The van der Waals surface area contributed by atoms with Crippen LogP contribution in [0.5, 0.6) is 0 Å². The number of aromatic nitrogens is 2. The fourth-order valence-corrected chi connectivity index (χ4v) is 3.78. The second-order valence-corrected chi connectivity index (χ2v) is 8.03. The van der Waals surface area contributed by atoms with Crippen LogP contribution in [-0.2, 0) is 11.2 Å². The molecule has 0 amide bonds. The molecule has 2 N–H and O–H groups in total. The van der Waals surface area contributed by atoms with E-state index in [1.54, 1.807) is 0 Å². The van der Waals surface area contributed by atoms with E-state index in [0.29, 0.717) is 24.1 Å². The highest BCUT2D eigenvalue weighted by Crippen LogP contribution is 2.29. The molecule has 0 unspecified atom stereocenters. The Kier molecular flexibility index (Phi) is 5.45. The van der Waals surface area contributed by atoms with Gasteiger partial charge in [-0.3, -0.25) is 10.1 Å². The largest absolute Gasteiger partial charge is 0.480 e. The smallest absolute Gasteiger partial charge is 0.320 e. The van der Waals surface area contributed by atoms with Crippen molar-refractivity contribution in [1.82, 2.24) is 15.5 Å². The fraction of sp³-hybridized carbons (Fsp3) is 0.348. The van der Waals surface area contributed by atoms with Gasteiger partial charge in [0.2, 0.25) is 5.82 Å². The van der Waals surface area contributed by atoms with E-state index in [1.165, 1.54) is 5.56 Å². The zero-order valence-electron chi connectivity index (χ0n) is 16.6. The van der Waals surface area contributed by atoms with Gasteiger partial charge in [0.25, 0.3) is 5.89 Å². The van der Waals surface area contributed by atoms with Crippen LogP contribution in [0.4, 0.5) is 0 Å². The van der Waals surface area contributed by atoms with Crippen molar-refractivity contribution in [3.05, 3.63) is 59.7 Å². The molecule has 0 saturated carbocycles. The molecule has 0 radical (unpaired) electrons. The van der Waals surface area contributed by atoms with Crippen molar-refractivity contribution in [2.75, 3.05) is 0 Å². The first-order valence-electron chi connectivity index (χ1n) is 10.0. The summed E-state index contributed by atoms with van der Waals surface area (Å²) < 4.78 is 5.46. The minimum absolute atomic E-state index is 0.0651. The van der Waals surface area contributed by atoms with Gasteiger partial charge in [0, 0.05) is 17.2 Å². The normalized spacial score (nSPS) is 19.0. The number of carbonyl (C=O) groups is 1. The Balaban J connectivity index is 1.46. The monoisotopic (exact) mass is 391 g/mol. The Bertz CT molecular complexity index is 977. The topological polar surface area (TPSA) is 88.2 Å². The maximum absolute atomic E-state index is 11.1. The van der Waals surface area contributed by atoms with Crippen LogP contribution in [0.1, 0.15) is 43.9 Å². The SMILES string of the molecule is CC(C)Cc1ccc(-c2nc(-c3ccc([C@H]4CC[C@@H](C(=O)O)N4)cc3)no2)cc1. The average molecular weight is 391 g/mol. The van der Waals surface area contributed by atoms with Crippen LogP contribution in [0.15, 0.2) is 53.1 Å². The highest BCUT2D eigenvalue weighted by Gasteiger charge is 2.29. The number of carboxylic acids is 1. The number of benzene rings is 2. The first-order chi connectivity index (χ1) is 14.0. The van der Waals surface area contributed by atoms with Gasteiger partial charge in [-0.05, 0) is 48.4 Å². The number of nitrogens with one attached hydrogen (secondary N) is 1. The van der Waals surface area contributed by atoms with E-state index in [2.05, 4.69) is 41.4 Å². The Hall–Kier alpha value is -2.99. The van der Waals surface area contributed by atoms with E-state index in [0.717, 1.165) is 29.5 Å². The lowest BCUT2D eigenvalue weighted by molar-refractivity contribution is -0.139. The van der Waals surface area contributed by atoms with Gasteiger partial charge in [-0.1, -0.05) is 55.4 Å². The third kappa shape index (κ3) is 4.38. The van der Waals surface area contributed by atoms with Crippen molar-refractivity contribution in [2.45, 2.75) is 45.2 Å². The maximum Gasteiger partial charge on any atom is 0.320 e. The molecule has 0 aliphatic carbocycles. The predicted molar refractivity (Wildman–Crippen MR) is 110 cm³/mol. The molecule has 150 valence electrons. The Labute approximate surface area is 170 Å². The van der Waals surface area contributed by atoms with Crippen LogP contribution in [0.25, 0.3) is 22.8 Å². The van der Waals surface area contributed by atoms with Crippen LogP contribution in [-0.4, -0.2) is 27.3 Å². The highest BCUT2D eigenvalue weighted by atomic mass is 16.5. The second kappa shape index (κ2) is 8.17. The summed E-state index contributed by atoms with van der Waals surface area (Å²) in [7, 11) is 0. The van der Waals surface area contributed by atoms with Gasteiger partial charge in [0.1, 0.15) is 6.04 Å². The fourth-order valence-electron chi connectivity index (χ4n) is 3.78. The van der Waals surface area contributed by atoms with Gasteiger partial charge in [0.05, 0.1) is 0 Å². The molecule has 0 spiro atoms. The standard InChI is InChI=1S/C23H25N3O3/c1-14(2)13-15-3-5-18(6-4-15)22-25-21(26-29-22)17-9-7-16(8-10-17)19-11-12-20(24-19)23(27)28/h3-10,14,19-20,24H,11-13H2,1-2H3,(H,27,28)/t19-,20+/m1/s1. The summed E-state index contributed by atoms with van der Waals surface area (Å²) in [5, 5.41) is 16.4. The number of hydrogen-bond acceptors (Lipinski definition) is 5. The maximum atomic E-state index is 11.1. The quantitative estimate of drug-likeness (QED) is 0.644. The zero-order valence-corrected chi connectivity index (χ0v) is 16.6. The van der Waals surface area contributed by atoms with Gasteiger partial charge < -0.3 is 9.63 Å². The van der Waals surface area contributed by atoms with Crippen LogP contribution < -0.4 is 5.32 Å². The van der Waals surface area contributed by atoms with E-state index in [1.807, 2.05) is 36.4 Å². The van der Waals surface area contributed by atoms with Crippen LogP contribution in [0, 0.1) is 5.92 Å². The zero-order chi connectivity index (χ0) is 20.4. The van der Waals surface area contributed by atoms with Crippen LogP contribution in [0.3, 0.4) is 0 Å². The van der Waals surface area contributed by atoms with Crippen molar-refractivity contribution >= 4 is 5.97 Å². The van der Waals surface area contributed by atoms with E-state index < -0.39 is 12.0 Å². The van der Waals surface area contributed by atoms with Crippen molar-refractivity contribution < 1.29 is 14.4 Å². The number of hydrogen-bond donors (Lipinski definition) is 2. The average Bonchev–Trinajstić information content (AvgIpc) is 3.39. The molecule has 6 nitrogen and oxygen atoms in total. The molecule has 1 aliphatic rings. The summed E-state index contributed by atoms with van der Waals surface area (Å²) in [4.78, 5) is 15.6. The predicted octanol–water partition coefficient (Wildman–Crippen LogP) is 4.48. The molecule has 4 rings (SSSR count). The highest BCUT2D eigenvalue weighted by molar-refractivity contribution is 5.74. The van der Waals surface area contributed by atoms with E-state index in [4.69, 9.17) is 9.63 Å². The molecule has 6 heteroatoms. The lowest BCUT2D eigenvalue weighted by Gasteiger charge is -2.12. The van der Waals surface area contributed by atoms with Crippen molar-refractivity contribution in [3.63, 3.8) is 0 Å². The van der Waals surface area contributed by atoms with Crippen molar-refractivity contribution in [3.8, 4) is 22.8 Å². The second-order valence-electron chi connectivity index (χ2n) is 8.03. The van der Waals surface area contributed by atoms with Crippen LogP contribution >= 0.6 is 0 Å². The number of nitrogens with zero attached hydrogens (tertiary/aromatic N) is 2. The van der Waals surface area contributed by atoms with Crippen LogP contribution in [0.2, 0.25) is 0 Å². The molecule has 1 aromatic heterocycles. The van der Waals surface area contributed by atoms with Gasteiger partial charge in [-0.15, -0.1) is 0 Å². The van der Waals surface area contributed by atoms with E-state index in [9.17, 15) is 4.79 Å². The summed E-state index contributed by atoms with van der Waals surface area (Å²) in [5.74, 6) is 0.872. The summed E-state index contributed by atoms with van der Waals surface area (Å²) in [6, 6.07) is 15.7. The number of aliphatic carboxylic acids is 1. The van der Waals surface area contributed by atoms with Gasteiger partial charge in [-0.2, -0.15) is 4.98 Å². The molecular weight excluding hydrogens is 366 g/mol. The third-order valence-electron chi connectivity index (χ3n) is 5.29. The van der Waals surface area contributed by atoms with Crippen molar-refractivity contribution in [2.24, 2.45) is 5.92 Å². The van der Waals surface area contributed by atoms with Crippen molar-refractivity contribution in [1.29, 1.82) is 0 Å². The van der Waals surface area contributed by atoms with Gasteiger partial charge >= 0.3 is 5.97 Å². The first kappa shape index (κ1) is 19.3. The van der Waals surface area contributed by atoms with Gasteiger partial charge in [0.15, 0.2) is 0 Å². The number of carboxylic acid groups (broad SMARTS) is 1. The summed E-state index contributed by atoms with van der Waals surface area (Å²) in [5.41, 5.74) is 4.14. The molecular formula is C23H25N3O3. The van der Waals surface area contributed by atoms with Gasteiger partial charge in [-0.25, -0.2) is 0 Å². The Morgan fingerprint density at radius 3 is 2.41 bits per heavy atom. The van der Waals surface area contributed by atoms with E-state index in [-0.39, 0.29) is 6.04 Å². The molecule has 1 fully saturated rings. The molecule has 29 heavy (non-hydrogen) atoms. The summed E-state index contributed by atoms with van der Waals surface area (Å²) in [6.07, 6.45) is 2.51. The third-order valence-corrected chi connectivity index (χ3v) is 5.29. The van der Waals surface area contributed by atoms with E-state index >= 15 is 0 Å². The lowest BCUT2D eigenvalue weighted by atomic mass is 10.0. The molecule has 2 aromatic carbocycles. The Morgan fingerprint density at radius 1 is 1.10 bits per heavy atom. The lowest BCUT2D eigenvalue weighted by Crippen LogP contribution is -2.31. The molecule has 1 aliphatic heterocycles. The Morgan fingerprint density at radius 2 is 1.79 bits per heavy atom. The minimum Gasteiger partial charge on any atom is -0.480 e. The molecule has 0 bridgehead atoms. The molecule has 2 atom stereocenters. The minimum atomic E-state index is -0.791. The summed E-state index contributed by atoms with van der Waals surface area (Å²) in [6.45, 7) is 4.41.